The number of aliphatic hydroxyl groups is 1. The molecule has 0 saturated heterocycles. The fourth-order valence-corrected chi connectivity index (χ4v) is 3.46. The Labute approximate surface area is 198 Å². The molecule has 0 radical (unpaired) electrons. The van der Waals surface area contributed by atoms with Crippen LogP contribution in [-0.2, 0) is 10.3 Å². The van der Waals surface area contributed by atoms with Gasteiger partial charge in [0.15, 0.2) is 5.75 Å². The second-order valence-electron chi connectivity index (χ2n) is 7.57. The number of anilines is 1. The molecule has 7 nitrogen and oxygen atoms in total. The van der Waals surface area contributed by atoms with Crippen molar-refractivity contribution in [2.24, 2.45) is 0 Å². The lowest BCUT2D eigenvalue weighted by Gasteiger charge is -2.25. The van der Waals surface area contributed by atoms with Crippen molar-refractivity contribution in [3.63, 3.8) is 0 Å². The highest BCUT2D eigenvalue weighted by Crippen LogP contribution is 2.39. The molecule has 2 aromatic heterocycles. The van der Waals surface area contributed by atoms with E-state index in [-0.39, 0.29) is 23.7 Å². The van der Waals surface area contributed by atoms with Crippen LogP contribution >= 0.6 is 0 Å². The zero-order valence-corrected chi connectivity index (χ0v) is 18.6. The lowest BCUT2D eigenvalue weighted by molar-refractivity contribution is -0.240. The minimum atomic E-state index is -5.00. The first-order valence-corrected chi connectivity index (χ1v) is 10.5. The average Bonchev–Trinajstić information content (AvgIpc) is 3.26. The number of hydrogen-bond donors (Lipinski definition) is 3. The Hall–Kier alpha value is -4.07. The zero-order valence-electron chi connectivity index (χ0n) is 18.6. The van der Waals surface area contributed by atoms with Crippen LogP contribution in [0.3, 0.4) is 0 Å². The van der Waals surface area contributed by atoms with Gasteiger partial charge in [0.1, 0.15) is 12.3 Å². The Morgan fingerprint density at radius 1 is 1.11 bits per heavy atom. The van der Waals surface area contributed by atoms with Gasteiger partial charge in [-0.15, -0.1) is 0 Å². The molecule has 0 aliphatic heterocycles. The molecule has 0 fully saturated rings. The van der Waals surface area contributed by atoms with Crippen molar-refractivity contribution in [2.75, 3.05) is 26.1 Å². The Morgan fingerprint density at radius 3 is 2.60 bits per heavy atom. The highest BCUT2D eigenvalue weighted by atomic mass is 19.4. The van der Waals surface area contributed by atoms with Crippen molar-refractivity contribution in [3.05, 3.63) is 72.1 Å². The van der Waals surface area contributed by atoms with E-state index < -0.39 is 11.8 Å². The molecule has 0 aliphatic carbocycles. The topological polar surface area (TPSA) is 106 Å². The van der Waals surface area contributed by atoms with Crippen molar-refractivity contribution in [3.8, 4) is 28.8 Å². The van der Waals surface area contributed by atoms with Gasteiger partial charge in [-0.25, -0.2) is 9.97 Å². The number of nitrogen functional groups attached to an aromatic ring is 1. The molecule has 0 saturated carbocycles. The number of aromatic amines is 1. The number of alkyl halides is 3. The molecule has 35 heavy (non-hydrogen) atoms. The van der Waals surface area contributed by atoms with Gasteiger partial charge in [-0.3, -0.25) is 0 Å². The number of rotatable bonds is 6. The standard InChI is InChI=1S/C25H21F3N4O3/c1-34-11-12-35-21-15-31-23(29)32-22(21)19-14-30-20-8-7-16(13-18(19)20)9-10-24(33,25(26,27)28)17-5-3-2-4-6-17/h2-8,13-15,30,33H,11-12H2,1H3,(H2,29,31,32). The summed E-state index contributed by atoms with van der Waals surface area (Å²) in [6.07, 6.45) is -1.88. The van der Waals surface area contributed by atoms with Crippen LogP contribution in [0.1, 0.15) is 11.1 Å². The smallest absolute Gasteiger partial charge is 0.433 e. The van der Waals surface area contributed by atoms with Crippen molar-refractivity contribution in [1.82, 2.24) is 15.0 Å². The predicted molar refractivity (Wildman–Crippen MR) is 124 cm³/mol. The third kappa shape index (κ3) is 4.91. The molecule has 10 heteroatoms. The van der Waals surface area contributed by atoms with Gasteiger partial charge >= 0.3 is 6.18 Å². The minimum absolute atomic E-state index is 0.0301. The summed E-state index contributed by atoms with van der Waals surface area (Å²) < 4.78 is 52.1. The Balaban J connectivity index is 1.77. The van der Waals surface area contributed by atoms with Gasteiger partial charge in [0, 0.05) is 40.9 Å². The largest absolute Gasteiger partial charge is 0.487 e. The molecule has 1 atom stereocenters. The molecule has 2 heterocycles. The van der Waals surface area contributed by atoms with E-state index in [1.54, 1.807) is 37.6 Å². The number of halogens is 3. The third-order valence-corrected chi connectivity index (χ3v) is 5.25. The quantitative estimate of drug-likeness (QED) is 0.283. The van der Waals surface area contributed by atoms with Crippen molar-refractivity contribution in [2.45, 2.75) is 11.8 Å². The Morgan fingerprint density at radius 2 is 1.89 bits per heavy atom. The van der Waals surface area contributed by atoms with Crippen LogP contribution in [-0.4, -0.2) is 46.6 Å². The van der Waals surface area contributed by atoms with Crippen LogP contribution in [0.15, 0.2) is 60.9 Å². The van der Waals surface area contributed by atoms with E-state index >= 15 is 0 Å². The lowest BCUT2D eigenvalue weighted by Crippen LogP contribution is -2.41. The van der Waals surface area contributed by atoms with E-state index in [1.807, 2.05) is 5.92 Å². The zero-order chi connectivity index (χ0) is 25.1. The second kappa shape index (κ2) is 9.66. The molecule has 180 valence electrons. The first kappa shape index (κ1) is 24.1. The summed E-state index contributed by atoms with van der Waals surface area (Å²) in [6.45, 7) is 0.604. The fraction of sp³-hybridized carbons (Fsp3) is 0.200. The molecule has 0 amide bonds. The summed E-state index contributed by atoms with van der Waals surface area (Å²) in [5.74, 6) is 4.90. The number of nitrogens with one attached hydrogen (secondary N) is 1. The van der Waals surface area contributed by atoms with E-state index in [0.717, 1.165) is 0 Å². The van der Waals surface area contributed by atoms with Gasteiger partial charge in [-0.1, -0.05) is 36.3 Å². The number of methoxy groups -OCH3 is 1. The number of hydrogen-bond acceptors (Lipinski definition) is 6. The maximum absolute atomic E-state index is 13.8. The molecule has 0 spiro atoms. The van der Waals surface area contributed by atoms with Crippen LogP contribution in [0.25, 0.3) is 22.2 Å². The number of nitrogens with two attached hydrogens (primary N) is 1. The van der Waals surface area contributed by atoms with E-state index in [0.29, 0.717) is 34.5 Å². The minimum Gasteiger partial charge on any atom is -0.487 e. The number of H-pyrrole nitrogens is 1. The lowest BCUT2D eigenvalue weighted by atomic mass is 9.93. The third-order valence-electron chi connectivity index (χ3n) is 5.25. The monoisotopic (exact) mass is 482 g/mol. The highest BCUT2D eigenvalue weighted by molar-refractivity contribution is 5.96. The summed E-state index contributed by atoms with van der Waals surface area (Å²) in [7, 11) is 1.55. The number of fused-ring (bicyclic) bond motifs is 1. The number of aromatic nitrogens is 3. The number of nitrogens with zero attached hydrogens (tertiary/aromatic N) is 2. The maximum Gasteiger partial charge on any atom is 0.433 e. The SMILES string of the molecule is COCCOc1cnc(N)nc1-c1c[nH]c2ccc(C#CC(O)(c3ccccc3)C(F)(F)F)cc12. The number of ether oxygens (including phenoxy) is 2. The summed E-state index contributed by atoms with van der Waals surface area (Å²) >= 11 is 0. The average molecular weight is 482 g/mol. The van der Waals surface area contributed by atoms with Crippen molar-refractivity contribution < 1.29 is 27.8 Å². The van der Waals surface area contributed by atoms with Crippen LogP contribution in [0.4, 0.5) is 19.1 Å². The van der Waals surface area contributed by atoms with Gasteiger partial charge in [0.05, 0.1) is 12.8 Å². The summed E-state index contributed by atoms with van der Waals surface area (Å²) in [5, 5.41) is 11.1. The second-order valence-corrected chi connectivity index (χ2v) is 7.57. The van der Waals surface area contributed by atoms with Crippen LogP contribution in [0.5, 0.6) is 5.75 Å². The molecule has 0 bridgehead atoms. The van der Waals surface area contributed by atoms with E-state index in [2.05, 4.69) is 20.9 Å². The fourth-order valence-electron chi connectivity index (χ4n) is 3.46. The number of benzene rings is 2. The molecule has 4 rings (SSSR count). The molecular formula is C25H21F3N4O3. The normalized spacial score (nSPS) is 13.2. The van der Waals surface area contributed by atoms with Crippen LogP contribution in [0.2, 0.25) is 0 Å². The highest BCUT2D eigenvalue weighted by Gasteiger charge is 2.54. The molecule has 4 N–H and O–H groups in total. The molecule has 4 aromatic rings. The van der Waals surface area contributed by atoms with E-state index in [1.165, 1.54) is 30.5 Å². The predicted octanol–water partition coefficient (Wildman–Crippen LogP) is 4.03. The van der Waals surface area contributed by atoms with E-state index in [9.17, 15) is 18.3 Å². The molecule has 0 aliphatic rings. The van der Waals surface area contributed by atoms with Gasteiger partial charge < -0.3 is 25.3 Å². The van der Waals surface area contributed by atoms with Crippen molar-refractivity contribution >= 4 is 16.9 Å². The van der Waals surface area contributed by atoms with Crippen LogP contribution in [0, 0.1) is 11.8 Å². The summed E-state index contributed by atoms with van der Waals surface area (Å²) in [6, 6.07) is 11.6. The van der Waals surface area contributed by atoms with Crippen molar-refractivity contribution in [1.29, 1.82) is 0 Å². The van der Waals surface area contributed by atoms with E-state index in [4.69, 9.17) is 15.2 Å². The van der Waals surface area contributed by atoms with Crippen LogP contribution < -0.4 is 10.5 Å². The van der Waals surface area contributed by atoms with Gasteiger partial charge in [0.25, 0.3) is 0 Å². The molecule has 2 aromatic carbocycles. The van der Waals surface area contributed by atoms with Gasteiger partial charge in [-0.2, -0.15) is 13.2 Å². The molecule has 1 unspecified atom stereocenters. The van der Waals surface area contributed by atoms with Gasteiger partial charge in [0.2, 0.25) is 11.5 Å². The Kier molecular flexibility index (Phi) is 6.64. The Bertz CT molecular complexity index is 1390. The summed E-state index contributed by atoms with van der Waals surface area (Å²) in [4.78, 5) is 11.3. The first-order chi connectivity index (χ1) is 16.7. The first-order valence-electron chi connectivity index (χ1n) is 10.5. The van der Waals surface area contributed by atoms with Gasteiger partial charge in [-0.05, 0) is 24.1 Å². The summed E-state index contributed by atoms with van der Waals surface area (Å²) in [5.41, 5.74) is 4.05. The molecular weight excluding hydrogens is 461 g/mol. The maximum atomic E-state index is 13.8.